The van der Waals surface area contributed by atoms with Crippen LogP contribution in [-0.2, 0) is 10.2 Å². The molecule has 1 aliphatic heterocycles. The van der Waals surface area contributed by atoms with Gasteiger partial charge in [-0.15, -0.1) is 0 Å². The second kappa shape index (κ2) is 6.39. The molecule has 0 radical (unpaired) electrons. The van der Waals surface area contributed by atoms with E-state index in [-0.39, 0.29) is 11.3 Å². The first-order chi connectivity index (χ1) is 12.2. The maximum absolute atomic E-state index is 13.1. The highest BCUT2D eigenvalue weighted by molar-refractivity contribution is 5.91. The molecule has 5 nitrogen and oxygen atoms in total. The van der Waals surface area contributed by atoms with Crippen LogP contribution in [0.1, 0.15) is 24.8 Å². The first-order valence-electron chi connectivity index (χ1n) is 8.82. The monoisotopic (exact) mass is 337 g/mol. The summed E-state index contributed by atoms with van der Waals surface area (Å²) in [5.41, 5.74) is 1.81. The molecule has 1 saturated carbocycles. The highest BCUT2D eigenvalue weighted by atomic mass is 16.5. The van der Waals surface area contributed by atoms with Crippen LogP contribution in [0.15, 0.2) is 48.8 Å². The molecular formula is C20H23N3O2. The standard InChI is InChI=1S/C20H23N3O2/c1-25-18-6-4-15(5-7-18)20(9-10-20)19(24)23-12-8-17(14-23)22-16-3-2-11-21-13-16/h2-7,11,13,17,22H,8-10,12,14H2,1H3. The molecule has 4 rings (SSSR count). The molecule has 5 heteroatoms. The summed E-state index contributed by atoms with van der Waals surface area (Å²) in [5.74, 6) is 1.10. The molecule has 2 aromatic rings. The average Bonchev–Trinajstić information content (AvgIpc) is 3.35. The third-order valence-electron chi connectivity index (χ3n) is 5.31. The quantitative estimate of drug-likeness (QED) is 0.911. The van der Waals surface area contributed by atoms with Gasteiger partial charge in [-0.2, -0.15) is 0 Å². The van der Waals surface area contributed by atoms with Crippen LogP contribution in [0.25, 0.3) is 0 Å². The summed E-state index contributed by atoms with van der Waals surface area (Å²) in [7, 11) is 1.66. The molecule has 0 spiro atoms. The summed E-state index contributed by atoms with van der Waals surface area (Å²) in [4.78, 5) is 19.3. The van der Waals surface area contributed by atoms with Crippen LogP contribution in [0.2, 0.25) is 0 Å². The van der Waals surface area contributed by atoms with Crippen molar-refractivity contribution in [1.82, 2.24) is 9.88 Å². The van der Waals surface area contributed by atoms with Gasteiger partial charge in [-0.1, -0.05) is 12.1 Å². The van der Waals surface area contributed by atoms with Crippen LogP contribution in [0.3, 0.4) is 0 Å². The fraction of sp³-hybridized carbons (Fsp3) is 0.400. The predicted molar refractivity (Wildman–Crippen MR) is 96.8 cm³/mol. The Balaban J connectivity index is 1.42. The zero-order chi connectivity index (χ0) is 17.3. The molecule has 1 amide bonds. The number of pyridine rings is 1. The van der Waals surface area contributed by atoms with E-state index in [4.69, 9.17) is 4.74 Å². The SMILES string of the molecule is COc1ccc(C2(C(=O)N3CCC(Nc4cccnc4)C3)CC2)cc1. The van der Waals surface area contributed by atoms with E-state index in [1.807, 2.05) is 47.5 Å². The Morgan fingerprint density at radius 2 is 2.08 bits per heavy atom. The Bertz CT molecular complexity index is 741. The van der Waals surface area contributed by atoms with Crippen molar-refractivity contribution in [3.63, 3.8) is 0 Å². The summed E-state index contributed by atoms with van der Waals surface area (Å²) in [5, 5.41) is 3.48. The van der Waals surface area contributed by atoms with E-state index < -0.39 is 0 Å². The molecule has 0 bridgehead atoms. The molecule has 2 heterocycles. The molecule has 1 aromatic carbocycles. The van der Waals surface area contributed by atoms with E-state index in [1.165, 1.54) is 0 Å². The summed E-state index contributed by atoms with van der Waals surface area (Å²) >= 11 is 0. The molecule has 130 valence electrons. The van der Waals surface area contributed by atoms with E-state index in [1.54, 1.807) is 13.3 Å². The van der Waals surface area contributed by atoms with E-state index in [0.717, 1.165) is 49.4 Å². The largest absolute Gasteiger partial charge is 0.497 e. The molecule has 25 heavy (non-hydrogen) atoms. The van der Waals surface area contributed by atoms with Gasteiger partial charge in [-0.25, -0.2) is 0 Å². The van der Waals surface area contributed by atoms with Gasteiger partial charge in [0.1, 0.15) is 5.75 Å². The van der Waals surface area contributed by atoms with Crippen LogP contribution in [0.5, 0.6) is 5.75 Å². The molecule has 1 saturated heterocycles. The molecule has 1 N–H and O–H groups in total. The molecule has 2 fully saturated rings. The zero-order valence-corrected chi connectivity index (χ0v) is 14.4. The van der Waals surface area contributed by atoms with Gasteiger partial charge in [0.2, 0.25) is 5.91 Å². The third-order valence-corrected chi connectivity index (χ3v) is 5.31. The van der Waals surface area contributed by atoms with Gasteiger partial charge in [-0.3, -0.25) is 9.78 Å². The molecule has 2 aliphatic rings. The Morgan fingerprint density at radius 3 is 2.72 bits per heavy atom. The van der Waals surface area contributed by atoms with Crippen molar-refractivity contribution in [2.45, 2.75) is 30.7 Å². The number of likely N-dealkylation sites (tertiary alicyclic amines) is 1. The number of nitrogens with zero attached hydrogens (tertiary/aromatic N) is 2. The lowest BCUT2D eigenvalue weighted by Crippen LogP contribution is -2.39. The molecule has 1 atom stereocenters. The number of carbonyl (C=O) groups excluding carboxylic acids is 1. The highest BCUT2D eigenvalue weighted by Gasteiger charge is 2.53. The predicted octanol–water partition coefficient (Wildman–Crippen LogP) is 2.83. The number of hydrogen-bond donors (Lipinski definition) is 1. The minimum Gasteiger partial charge on any atom is -0.497 e. The number of amides is 1. The minimum absolute atomic E-state index is 0.271. The first kappa shape index (κ1) is 15.9. The lowest BCUT2D eigenvalue weighted by molar-refractivity contribution is -0.132. The molecule has 1 aromatic heterocycles. The highest BCUT2D eigenvalue weighted by Crippen LogP contribution is 2.50. The van der Waals surface area contributed by atoms with Crippen molar-refractivity contribution in [1.29, 1.82) is 0 Å². The van der Waals surface area contributed by atoms with Crippen molar-refractivity contribution in [2.75, 3.05) is 25.5 Å². The fourth-order valence-corrected chi connectivity index (χ4v) is 3.71. The Kier molecular flexibility index (Phi) is 4.07. The smallest absolute Gasteiger partial charge is 0.233 e. The van der Waals surface area contributed by atoms with E-state index >= 15 is 0 Å². The fourth-order valence-electron chi connectivity index (χ4n) is 3.71. The maximum Gasteiger partial charge on any atom is 0.233 e. The summed E-state index contributed by atoms with van der Waals surface area (Å²) in [6.07, 6.45) is 6.44. The summed E-state index contributed by atoms with van der Waals surface area (Å²) in [6, 6.07) is 12.2. The van der Waals surface area contributed by atoms with Crippen LogP contribution >= 0.6 is 0 Å². The lowest BCUT2D eigenvalue weighted by atomic mass is 9.94. The third kappa shape index (κ3) is 3.06. The van der Waals surface area contributed by atoms with Gasteiger partial charge < -0.3 is 15.0 Å². The van der Waals surface area contributed by atoms with Crippen molar-refractivity contribution >= 4 is 11.6 Å². The van der Waals surface area contributed by atoms with Crippen LogP contribution < -0.4 is 10.1 Å². The van der Waals surface area contributed by atoms with Crippen molar-refractivity contribution in [3.05, 3.63) is 54.4 Å². The lowest BCUT2D eigenvalue weighted by Gasteiger charge is -2.24. The van der Waals surface area contributed by atoms with Gasteiger partial charge in [0.25, 0.3) is 0 Å². The van der Waals surface area contributed by atoms with E-state index in [9.17, 15) is 4.79 Å². The van der Waals surface area contributed by atoms with Crippen molar-refractivity contribution in [2.24, 2.45) is 0 Å². The minimum atomic E-state index is -0.310. The van der Waals surface area contributed by atoms with Gasteiger partial charge in [-0.05, 0) is 49.1 Å². The number of hydrogen-bond acceptors (Lipinski definition) is 4. The van der Waals surface area contributed by atoms with Crippen molar-refractivity contribution in [3.8, 4) is 5.75 Å². The Labute approximate surface area is 148 Å². The second-order valence-electron chi connectivity index (χ2n) is 6.93. The number of nitrogens with one attached hydrogen (secondary N) is 1. The molecule has 1 aliphatic carbocycles. The second-order valence-corrected chi connectivity index (χ2v) is 6.93. The maximum atomic E-state index is 13.1. The number of methoxy groups -OCH3 is 1. The number of benzene rings is 1. The first-order valence-corrected chi connectivity index (χ1v) is 8.82. The Morgan fingerprint density at radius 1 is 1.28 bits per heavy atom. The van der Waals surface area contributed by atoms with Crippen LogP contribution in [-0.4, -0.2) is 42.0 Å². The average molecular weight is 337 g/mol. The van der Waals surface area contributed by atoms with E-state index in [2.05, 4.69) is 10.3 Å². The summed E-state index contributed by atoms with van der Waals surface area (Å²) < 4.78 is 5.22. The van der Waals surface area contributed by atoms with Crippen molar-refractivity contribution < 1.29 is 9.53 Å². The summed E-state index contributed by atoms with van der Waals surface area (Å²) in [6.45, 7) is 1.57. The Hall–Kier alpha value is -2.56. The number of carbonyl (C=O) groups is 1. The van der Waals surface area contributed by atoms with Crippen LogP contribution in [0.4, 0.5) is 5.69 Å². The van der Waals surface area contributed by atoms with Gasteiger partial charge in [0, 0.05) is 31.5 Å². The molecular weight excluding hydrogens is 314 g/mol. The number of rotatable bonds is 5. The van der Waals surface area contributed by atoms with Gasteiger partial charge in [0.05, 0.1) is 18.2 Å². The topological polar surface area (TPSA) is 54.5 Å². The van der Waals surface area contributed by atoms with Crippen LogP contribution in [0, 0.1) is 0 Å². The molecule has 1 unspecified atom stereocenters. The number of ether oxygens (including phenoxy) is 1. The number of anilines is 1. The normalized spacial score (nSPS) is 21.0. The number of aromatic nitrogens is 1. The van der Waals surface area contributed by atoms with Gasteiger partial charge >= 0.3 is 0 Å². The van der Waals surface area contributed by atoms with Gasteiger partial charge in [0.15, 0.2) is 0 Å². The zero-order valence-electron chi connectivity index (χ0n) is 14.4. The van der Waals surface area contributed by atoms with E-state index in [0.29, 0.717) is 6.04 Å².